The molecule has 0 bridgehead atoms. The van der Waals surface area contributed by atoms with Crippen LogP contribution in [0.5, 0.6) is 17.2 Å². The second kappa shape index (κ2) is 12.4. The predicted octanol–water partition coefficient (Wildman–Crippen LogP) is 0.697. The number of hydrogen-bond acceptors (Lipinski definition) is 6. The van der Waals surface area contributed by atoms with Gasteiger partial charge in [-0.05, 0) is 42.3 Å². The van der Waals surface area contributed by atoms with E-state index in [4.69, 9.17) is 25.8 Å². The van der Waals surface area contributed by atoms with Crippen molar-refractivity contribution in [1.82, 2.24) is 5.32 Å². The summed E-state index contributed by atoms with van der Waals surface area (Å²) in [7, 11) is 1.55. The van der Waals surface area contributed by atoms with Crippen LogP contribution in [0.1, 0.15) is 33.8 Å². The number of carboxylic acid groups (broad SMARTS) is 1. The van der Waals surface area contributed by atoms with E-state index in [2.05, 4.69) is 5.32 Å². The molecule has 3 aromatic carbocycles. The minimum absolute atomic E-state index is 0. The van der Waals surface area contributed by atoms with Crippen molar-refractivity contribution < 1.29 is 58.5 Å². The molecule has 7 nitrogen and oxygen atoms in total. The van der Waals surface area contributed by atoms with Gasteiger partial charge in [0.15, 0.2) is 0 Å². The summed E-state index contributed by atoms with van der Waals surface area (Å²) in [5.41, 5.74) is 1.97. The quantitative estimate of drug-likeness (QED) is 0.359. The molecule has 2 unspecified atom stereocenters. The average molecular weight is 504 g/mol. The Labute approximate surface area is 230 Å². The molecule has 1 aliphatic rings. The van der Waals surface area contributed by atoms with E-state index < -0.39 is 18.1 Å². The van der Waals surface area contributed by atoms with Crippen LogP contribution in [-0.2, 0) is 16.0 Å². The molecule has 0 aromatic heterocycles. The van der Waals surface area contributed by atoms with Gasteiger partial charge < -0.3 is 29.4 Å². The van der Waals surface area contributed by atoms with Gasteiger partial charge in [0.25, 0.3) is 5.91 Å². The van der Waals surface area contributed by atoms with Crippen LogP contribution >= 0.6 is 11.6 Å². The van der Waals surface area contributed by atoms with E-state index in [1.165, 1.54) is 6.07 Å². The van der Waals surface area contributed by atoms with Gasteiger partial charge in [0.1, 0.15) is 23.5 Å². The maximum absolute atomic E-state index is 12.7. The Morgan fingerprint density at radius 3 is 2.51 bits per heavy atom. The predicted molar refractivity (Wildman–Crippen MR) is 124 cm³/mol. The van der Waals surface area contributed by atoms with E-state index in [1.807, 2.05) is 30.3 Å². The summed E-state index contributed by atoms with van der Waals surface area (Å²) in [6, 6.07) is 19.4. The summed E-state index contributed by atoms with van der Waals surface area (Å²) >= 11 is 6.33. The van der Waals surface area contributed by atoms with E-state index in [0.717, 1.165) is 5.56 Å². The number of nitrogens with one attached hydrogen (secondary N) is 1. The Morgan fingerprint density at radius 1 is 1.14 bits per heavy atom. The van der Waals surface area contributed by atoms with Gasteiger partial charge in [-0.2, -0.15) is 0 Å². The first-order valence-corrected chi connectivity index (χ1v) is 11.1. The molecule has 0 saturated heterocycles. The van der Waals surface area contributed by atoms with Crippen molar-refractivity contribution >= 4 is 23.5 Å². The number of ether oxygens (including phenoxy) is 3. The fourth-order valence-electron chi connectivity index (χ4n) is 3.77. The Bertz CT molecular complexity index is 1170. The van der Waals surface area contributed by atoms with Gasteiger partial charge >= 0.3 is 29.6 Å². The zero-order valence-corrected chi connectivity index (χ0v) is 22.2. The third kappa shape index (κ3) is 6.78. The molecule has 1 amide bonds. The molecule has 1 heterocycles. The fourth-order valence-corrected chi connectivity index (χ4v) is 3.98. The number of carbonyl (C=O) groups excluding carboxylic acids is 2. The van der Waals surface area contributed by atoms with E-state index in [0.29, 0.717) is 41.2 Å². The molecule has 0 radical (unpaired) electrons. The maximum Gasteiger partial charge on any atom is 1.00 e. The van der Waals surface area contributed by atoms with Crippen LogP contribution in [0.4, 0.5) is 0 Å². The molecule has 9 heteroatoms. The van der Waals surface area contributed by atoms with Crippen LogP contribution in [0.15, 0.2) is 66.7 Å². The Hall–Kier alpha value is -2.55. The maximum atomic E-state index is 12.7. The largest absolute Gasteiger partial charge is 1.00 e. The summed E-state index contributed by atoms with van der Waals surface area (Å²) < 4.78 is 16.8. The number of methoxy groups -OCH3 is 1. The molecule has 0 aliphatic carbocycles. The molecular formula is C26H23ClNNaO6. The van der Waals surface area contributed by atoms with E-state index >= 15 is 0 Å². The third-order valence-corrected chi connectivity index (χ3v) is 5.87. The number of carboxylic acids is 1. The number of carbonyl (C=O) groups is 2. The third-order valence-electron chi connectivity index (χ3n) is 5.57. The van der Waals surface area contributed by atoms with Gasteiger partial charge in [-0.3, -0.25) is 4.79 Å². The standard InChI is InChI=1S/C26H24ClNO6.Na/c1-32-24(13-16-5-3-2-4-6-16)28-25(29)17-7-9-18(10-8-17)34-23-15-22-20(14-21(23)27)19(26(30)31)11-12-33-22;/h2-10,14-15,19,24H,11-13H2,1H3,(H,28,29)(H,30,31);/q;+1/p-1. The van der Waals surface area contributed by atoms with Crippen molar-refractivity contribution in [2.75, 3.05) is 13.7 Å². The topological polar surface area (TPSA) is 96.9 Å². The monoisotopic (exact) mass is 503 g/mol. The number of hydrogen-bond donors (Lipinski definition) is 1. The van der Waals surface area contributed by atoms with Crippen molar-refractivity contribution in [3.63, 3.8) is 0 Å². The first-order valence-electron chi connectivity index (χ1n) is 10.8. The van der Waals surface area contributed by atoms with Crippen LogP contribution in [0.2, 0.25) is 5.02 Å². The second-order valence-corrected chi connectivity index (χ2v) is 8.25. The summed E-state index contributed by atoms with van der Waals surface area (Å²) in [4.78, 5) is 24.0. The second-order valence-electron chi connectivity index (χ2n) is 7.84. The average Bonchev–Trinajstić information content (AvgIpc) is 2.84. The summed E-state index contributed by atoms with van der Waals surface area (Å²) in [6.45, 7) is 0.267. The molecule has 0 fully saturated rings. The van der Waals surface area contributed by atoms with Crippen molar-refractivity contribution in [1.29, 1.82) is 0 Å². The molecule has 176 valence electrons. The van der Waals surface area contributed by atoms with Crippen LogP contribution in [0, 0.1) is 0 Å². The zero-order valence-electron chi connectivity index (χ0n) is 19.5. The molecule has 1 aliphatic heterocycles. The van der Waals surface area contributed by atoms with E-state index in [9.17, 15) is 14.7 Å². The van der Waals surface area contributed by atoms with Crippen LogP contribution in [0.3, 0.4) is 0 Å². The van der Waals surface area contributed by atoms with Crippen LogP contribution in [0.25, 0.3) is 0 Å². The Kier molecular flexibility index (Phi) is 9.60. The Balaban J connectivity index is 0.00000342. The zero-order chi connectivity index (χ0) is 24.1. The summed E-state index contributed by atoms with van der Waals surface area (Å²) in [5, 5.41) is 14.5. The molecular weight excluding hydrogens is 481 g/mol. The minimum atomic E-state index is -1.16. The summed E-state index contributed by atoms with van der Waals surface area (Å²) in [5.74, 6) is -1.03. The molecule has 1 N–H and O–H groups in total. The first-order chi connectivity index (χ1) is 16.4. The fraction of sp³-hybridized carbons (Fsp3) is 0.231. The molecule has 0 saturated carbocycles. The van der Waals surface area contributed by atoms with E-state index in [-0.39, 0.29) is 47.1 Å². The number of amides is 1. The van der Waals surface area contributed by atoms with Crippen molar-refractivity contribution in [2.24, 2.45) is 0 Å². The molecule has 3 aromatic rings. The van der Waals surface area contributed by atoms with Gasteiger partial charge in [0.05, 0.1) is 11.6 Å². The van der Waals surface area contributed by atoms with Gasteiger partial charge in [-0.15, -0.1) is 0 Å². The van der Waals surface area contributed by atoms with Crippen LogP contribution in [-0.4, -0.2) is 31.8 Å². The number of rotatable bonds is 8. The van der Waals surface area contributed by atoms with Crippen molar-refractivity contribution in [2.45, 2.75) is 25.0 Å². The van der Waals surface area contributed by atoms with Crippen LogP contribution < -0.4 is 49.5 Å². The molecule has 4 rings (SSSR count). The number of fused-ring (bicyclic) bond motifs is 1. The Morgan fingerprint density at radius 2 is 1.86 bits per heavy atom. The minimum Gasteiger partial charge on any atom is -0.549 e. The summed E-state index contributed by atoms with van der Waals surface area (Å²) in [6.07, 6.45) is 0.400. The normalized spacial score (nSPS) is 15.1. The van der Waals surface area contributed by atoms with E-state index in [1.54, 1.807) is 37.4 Å². The number of halogens is 1. The molecule has 35 heavy (non-hydrogen) atoms. The van der Waals surface area contributed by atoms with Gasteiger partial charge in [-0.25, -0.2) is 0 Å². The number of aliphatic carboxylic acids is 1. The molecule has 0 spiro atoms. The number of benzene rings is 3. The van der Waals surface area contributed by atoms with Gasteiger partial charge in [-0.1, -0.05) is 41.9 Å². The van der Waals surface area contributed by atoms with Crippen molar-refractivity contribution in [3.05, 3.63) is 88.4 Å². The first kappa shape index (κ1) is 27.0. The smallest absolute Gasteiger partial charge is 0.549 e. The van der Waals surface area contributed by atoms with Gasteiger partial charge in [0, 0.05) is 42.6 Å². The van der Waals surface area contributed by atoms with Crippen molar-refractivity contribution in [3.8, 4) is 17.2 Å². The van der Waals surface area contributed by atoms with Gasteiger partial charge in [0.2, 0.25) is 0 Å². The molecule has 2 atom stereocenters. The SMILES string of the molecule is COC(Cc1ccccc1)NC(=O)c1ccc(Oc2cc3c(cc2Cl)C(C(=O)[O-])CCO3)cc1.[Na+].